The number of hydrogen-bond acceptors (Lipinski definition) is 1. The van der Waals surface area contributed by atoms with Crippen molar-refractivity contribution in [2.45, 2.75) is 26.7 Å². The van der Waals surface area contributed by atoms with Gasteiger partial charge in [-0.25, -0.2) is 4.98 Å². The monoisotopic (exact) mass is 156 g/mol. The minimum Gasteiger partial charge on any atom is -0.308 e. The van der Waals surface area contributed by atoms with Crippen LogP contribution in [0.15, 0.2) is 0 Å². The number of aromatic nitrogens is 2. The summed E-state index contributed by atoms with van der Waals surface area (Å²) < 4.78 is 14.6. The van der Waals surface area contributed by atoms with E-state index in [0.29, 0.717) is 5.69 Å². The number of halogens is 1. The number of nitrogens with zero attached hydrogens (tertiary/aromatic N) is 2. The average Bonchev–Trinajstić information content (AvgIpc) is 2.17. The summed E-state index contributed by atoms with van der Waals surface area (Å²) in [6.07, 6.45) is 0. The van der Waals surface area contributed by atoms with Crippen molar-refractivity contribution in [1.82, 2.24) is 9.55 Å². The minimum atomic E-state index is -0.211. The van der Waals surface area contributed by atoms with Crippen molar-refractivity contribution >= 4 is 0 Å². The summed E-state index contributed by atoms with van der Waals surface area (Å²) in [5.74, 6) is 0.679. The van der Waals surface area contributed by atoms with Crippen molar-refractivity contribution in [3.8, 4) is 0 Å². The highest BCUT2D eigenvalue weighted by Crippen LogP contribution is 2.16. The predicted octanol–water partition coefficient (Wildman–Crippen LogP) is 1.99. The fourth-order valence-electron chi connectivity index (χ4n) is 0.977. The van der Waals surface area contributed by atoms with E-state index in [9.17, 15) is 4.39 Å². The Morgan fingerprint density at radius 2 is 2.00 bits per heavy atom. The summed E-state index contributed by atoms with van der Waals surface area (Å²) >= 11 is 0. The van der Waals surface area contributed by atoms with Gasteiger partial charge < -0.3 is 4.57 Å². The van der Waals surface area contributed by atoms with Crippen LogP contribution in [-0.4, -0.2) is 9.55 Å². The minimum absolute atomic E-state index is 0.162. The van der Waals surface area contributed by atoms with Gasteiger partial charge in [-0.3, -0.25) is 0 Å². The van der Waals surface area contributed by atoms with Crippen LogP contribution in [0.1, 0.15) is 31.3 Å². The summed E-state index contributed by atoms with van der Waals surface area (Å²) in [7, 11) is 1.68. The van der Waals surface area contributed by atoms with Crippen LogP contribution in [-0.2, 0) is 7.05 Å². The topological polar surface area (TPSA) is 17.8 Å². The fourth-order valence-corrected chi connectivity index (χ4v) is 0.977. The summed E-state index contributed by atoms with van der Waals surface area (Å²) in [5, 5.41) is 0. The van der Waals surface area contributed by atoms with Crippen molar-refractivity contribution in [3.05, 3.63) is 17.5 Å². The van der Waals surface area contributed by atoms with E-state index in [2.05, 4.69) is 4.98 Å². The maximum atomic E-state index is 13.2. The molecule has 0 amide bonds. The van der Waals surface area contributed by atoms with Crippen LogP contribution in [0.3, 0.4) is 0 Å². The van der Waals surface area contributed by atoms with Crippen molar-refractivity contribution < 1.29 is 4.39 Å². The summed E-state index contributed by atoms with van der Waals surface area (Å²) in [6.45, 7) is 5.67. The van der Waals surface area contributed by atoms with Gasteiger partial charge in [0.05, 0.1) is 5.69 Å². The molecule has 0 saturated carbocycles. The lowest BCUT2D eigenvalue weighted by Crippen LogP contribution is -1.96. The molecule has 0 N–H and O–H groups in total. The van der Waals surface area contributed by atoms with Gasteiger partial charge in [0.2, 0.25) is 5.95 Å². The molecule has 0 aliphatic carbocycles. The van der Waals surface area contributed by atoms with E-state index >= 15 is 0 Å². The second-order valence-electron chi connectivity index (χ2n) is 3.05. The number of imidazole rings is 1. The molecule has 1 aromatic rings. The molecule has 0 saturated heterocycles. The molecular weight excluding hydrogens is 143 g/mol. The molecule has 1 heterocycles. The largest absolute Gasteiger partial charge is 0.308 e. The number of aryl methyl sites for hydroxylation is 1. The van der Waals surface area contributed by atoms with Crippen LogP contribution in [0.4, 0.5) is 4.39 Å². The van der Waals surface area contributed by atoms with Crippen molar-refractivity contribution in [2.24, 2.45) is 7.05 Å². The molecule has 3 heteroatoms. The van der Waals surface area contributed by atoms with Gasteiger partial charge in [-0.2, -0.15) is 4.39 Å². The molecule has 1 aromatic heterocycles. The maximum Gasteiger partial charge on any atom is 0.216 e. The Morgan fingerprint density at radius 1 is 1.45 bits per heavy atom. The van der Waals surface area contributed by atoms with Gasteiger partial charge in [-0.15, -0.1) is 0 Å². The highest BCUT2D eigenvalue weighted by atomic mass is 19.1. The van der Waals surface area contributed by atoms with E-state index < -0.39 is 0 Å². The standard InChI is InChI=1S/C8H13FN2/c1-5(2)7-8(9)11(4)6(3)10-7/h5H,1-4H3. The highest BCUT2D eigenvalue weighted by Gasteiger charge is 2.13. The molecule has 0 fully saturated rings. The van der Waals surface area contributed by atoms with Crippen LogP contribution in [0.5, 0.6) is 0 Å². The van der Waals surface area contributed by atoms with Crippen molar-refractivity contribution in [1.29, 1.82) is 0 Å². The first-order chi connectivity index (χ1) is 5.04. The van der Waals surface area contributed by atoms with Crippen LogP contribution in [0.25, 0.3) is 0 Å². The molecule has 0 radical (unpaired) electrons. The second-order valence-corrected chi connectivity index (χ2v) is 3.05. The Balaban J connectivity index is 3.19. The number of hydrogen-bond donors (Lipinski definition) is 0. The summed E-state index contributed by atoms with van der Waals surface area (Å²) in [6, 6.07) is 0. The lowest BCUT2D eigenvalue weighted by molar-refractivity contribution is 0.511. The van der Waals surface area contributed by atoms with E-state index in [0.717, 1.165) is 5.82 Å². The van der Waals surface area contributed by atoms with Crippen LogP contribution in [0.2, 0.25) is 0 Å². The Kier molecular flexibility index (Phi) is 1.98. The van der Waals surface area contributed by atoms with Gasteiger partial charge in [0.15, 0.2) is 0 Å². The molecule has 0 bridgehead atoms. The first kappa shape index (κ1) is 8.24. The molecule has 0 unspecified atom stereocenters. The second kappa shape index (κ2) is 2.64. The molecule has 62 valence electrons. The molecule has 11 heavy (non-hydrogen) atoms. The van der Waals surface area contributed by atoms with Crippen molar-refractivity contribution in [2.75, 3.05) is 0 Å². The van der Waals surface area contributed by atoms with E-state index in [1.165, 1.54) is 4.57 Å². The van der Waals surface area contributed by atoms with Gasteiger partial charge in [0, 0.05) is 13.0 Å². The zero-order valence-corrected chi connectivity index (χ0v) is 7.35. The van der Waals surface area contributed by atoms with E-state index in [1.807, 2.05) is 13.8 Å². The van der Waals surface area contributed by atoms with Crippen LogP contribution in [0, 0.1) is 12.9 Å². The average molecular weight is 156 g/mol. The molecule has 0 aliphatic rings. The Hall–Kier alpha value is -0.860. The third-order valence-corrected chi connectivity index (χ3v) is 1.82. The maximum absolute atomic E-state index is 13.2. The van der Waals surface area contributed by atoms with E-state index in [1.54, 1.807) is 14.0 Å². The zero-order valence-electron chi connectivity index (χ0n) is 7.35. The van der Waals surface area contributed by atoms with Gasteiger partial charge >= 0.3 is 0 Å². The number of rotatable bonds is 1. The van der Waals surface area contributed by atoms with Gasteiger partial charge in [-0.05, 0) is 6.92 Å². The van der Waals surface area contributed by atoms with Crippen LogP contribution < -0.4 is 0 Å². The Labute approximate surface area is 66.1 Å². The Bertz CT molecular complexity index is 263. The third-order valence-electron chi connectivity index (χ3n) is 1.82. The Morgan fingerprint density at radius 3 is 2.18 bits per heavy atom. The smallest absolute Gasteiger partial charge is 0.216 e. The van der Waals surface area contributed by atoms with Gasteiger partial charge in [-0.1, -0.05) is 13.8 Å². The third kappa shape index (κ3) is 1.27. The van der Waals surface area contributed by atoms with Crippen molar-refractivity contribution in [3.63, 3.8) is 0 Å². The van der Waals surface area contributed by atoms with E-state index in [4.69, 9.17) is 0 Å². The predicted molar refractivity (Wildman–Crippen MR) is 42.0 cm³/mol. The molecule has 0 aliphatic heterocycles. The lowest BCUT2D eigenvalue weighted by atomic mass is 10.1. The molecule has 0 spiro atoms. The lowest BCUT2D eigenvalue weighted by Gasteiger charge is -1.98. The zero-order chi connectivity index (χ0) is 8.59. The fraction of sp³-hybridized carbons (Fsp3) is 0.625. The van der Waals surface area contributed by atoms with E-state index in [-0.39, 0.29) is 11.9 Å². The molecule has 0 aromatic carbocycles. The molecule has 2 nitrogen and oxygen atoms in total. The molecule has 1 rings (SSSR count). The quantitative estimate of drug-likeness (QED) is 0.608. The SMILES string of the molecule is Cc1nc(C(C)C)c(F)n1C. The molecule has 0 atom stereocenters. The van der Waals surface area contributed by atoms with Crippen LogP contribution >= 0.6 is 0 Å². The first-order valence-corrected chi connectivity index (χ1v) is 3.72. The van der Waals surface area contributed by atoms with Gasteiger partial charge in [0.25, 0.3) is 0 Å². The highest BCUT2D eigenvalue weighted by molar-refractivity contribution is 5.09. The van der Waals surface area contributed by atoms with Gasteiger partial charge in [0.1, 0.15) is 5.82 Å². The summed E-state index contributed by atoms with van der Waals surface area (Å²) in [5.41, 5.74) is 0.560. The molecular formula is C8H13FN2. The summed E-state index contributed by atoms with van der Waals surface area (Å²) in [4.78, 5) is 4.10. The normalized spacial score (nSPS) is 11.1. The first-order valence-electron chi connectivity index (χ1n) is 3.72.